The second kappa shape index (κ2) is 8.10. The van der Waals surface area contributed by atoms with E-state index in [0.29, 0.717) is 6.42 Å². The summed E-state index contributed by atoms with van der Waals surface area (Å²) in [6, 6.07) is -0.803. The summed E-state index contributed by atoms with van der Waals surface area (Å²) < 4.78 is 5.08. The van der Waals surface area contributed by atoms with Gasteiger partial charge in [-0.1, -0.05) is 19.8 Å². The van der Waals surface area contributed by atoms with E-state index in [-0.39, 0.29) is 18.6 Å². The van der Waals surface area contributed by atoms with Crippen LogP contribution in [0.15, 0.2) is 0 Å². The summed E-state index contributed by atoms with van der Waals surface area (Å²) in [6.45, 7) is 5.52. The van der Waals surface area contributed by atoms with E-state index >= 15 is 0 Å². The van der Waals surface area contributed by atoms with Crippen molar-refractivity contribution in [2.24, 2.45) is 0 Å². The summed E-state index contributed by atoms with van der Waals surface area (Å²) >= 11 is 0. The number of aliphatic carboxylic acids is 1. The molecule has 0 saturated carbocycles. The minimum atomic E-state index is -0.994. The fourth-order valence-corrected chi connectivity index (χ4v) is 1.14. The molecule has 0 aliphatic rings. The van der Waals surface area contributed by atoms with Gasteiger partial charge in [-0.3, -0.25) is 4.79 Å². The summed E-state index contributed by atoms with van der Waals surface area (Å²) in [5.74, 6) is -1.37. The Morgan fingerprint density at radius 3 is 2.44 bits per heavy atom. The van der Waals surface area contributed by atoms with Gasteiger partial charge < -0.3 is 15.2 Å². The molecule has 1 amide bonds. The van der Waals surface area contributed by atoms with E-state index in [1.807, 2.05) is 20.8 Å². The van der Waals surface area contributed by atoms with Crippen LogP contribution in [0.25, 0.3) is 0 Å². The van der Waals surface area contributed by atoms with E-state index in [4.69, 9.17) is 9.84 Å². The van der Waals surface area contributed by atoms with E-state index < -0.39 is 12.0 Å². The number of amides is 1. The maximum Gasteiger partial charge on any atom is 0.326 e. The largest absolute Gasteiger partial charge is 0.480 e. The monoisotopic (exact) mass is 231 g/mol. The molecule has 0 radical (unpaired) electrons. The van der Waals surface area contributed by atoms with E-state index in [0.717, 1.165) is 12.8 Å². The van der Waals surface area contributed by atoms with Crippen LogP contribution in [0.2, 0.25) is 0 Å². The van der Waals surface area contributed by atoms with Gasteiger partial charge in [0.25, 0.3) is 0 Å². The topological polar surface area (TPSA) is 75.6 Å². The number of hydrogen-bond donors (Lipinski definition) is 2. The Kier molecular flexibility index (Phi) is 7.54. The summed E-state index contributed by atoms with van der Waals surface area (Å²) in [6.07, 6.45) is 2.11. The molecular formula is C11H21NO4. The van der Waals surface area contributed by atoms with Crippen LogP contribution in [0, 0.1) is 0 Å². The van der Waals surface area contributed by atoms with Crippen molar-refractivity contribution in [3.05, 3.63) is 0 Å². The third kappa shape index (κ3) is 7.23. The summed E-state index contributed by atoms with van der Waals surface area (Å²) in [4.78, 5) is 22.1. The van der Waals surface area contributed by atoms with Crippen LogP contribution in [0.4, 0.5) is 0 Å². The molecule has 0 heterocycles. The van der Waals surface area contributed by atoms with Gasteiger partial charge in [0, 0.05) is 0 Å². The van der Waals surface area contributed by atoms with Crippen LogP contribution >= 0.6 is 0 Å². The fraction of sp³-hybridized carbons (Fsp3) is 0.818. The number of hydrogen-bond acceptors (Lipinski definition) is 3. The van der Waals surface area contributed by atoms with Gasteiger partial charge >= 0.3 is 5.97 Å². The molecule has 94 valence electrons. The van der Waals surface area contributed by atoms with Crippen LogP contribution in [0.5, 0.6) is 0 Å². The number of nitrogens with one attached hydrogen (secondary N) is 1. The highest BCUT2D eigenvalue weighted by molar-refractivity contribution is 5.84. The highest BCUT2D eigenvalue weighted by Crippen LogP contribution is 2.01. The van der Waals surface area contributed by atoms with Crippen LogP contribution in [-0.2, 0) is 14.3 Å². The number of unbranched alkanes of at least 4 members (excludes halogenated alkanes) is 1. The van der Waals surface area contributed by atoms with Crippen molar-refractivity contribution in [3.8, 4) is 0 Å². The first-order chi connectivity index (χ1) is 7.47. The minimum Gasteiger partial charge on any atom is -0.480 e. The van der Waals surface area contributed by atoms with Crippen molar-refractivity contribution < 1.29 is 19.4 Å². The first-order valence-electron chi connectivity index (χ1n) is 5.61. The molecule has 0 aliphatic carbocycles. The molecule has 0 spiro atoms. The van der Waals surface area contributed by atoms with E-state index in [1.54, 1.807) is 0 Å². The number of rotatable bonds is 8. The van der Waals surface area contributed by atoms with Gasteiger partial charge in [0.05, 0.1) is 6.10 Å². The van der Waals surface area contributed by atoms with Crippen molar-refractivity contribution >= 4 is 11.9 Å². The number of carboxylic acids is 1. The predicted molar refractivity (Wildman–Crippen MR) is 60.2 cm³/mol. The quantitative estimate of drug-likeness (QED) is 0.657. The van der Waals surface area contributed by atoms with Gasteiger partial charge in [0.2, 0.25) is 5.91 Å². The van der Waals surface area contributed by atoms with E-state index in [2.05, 4.69) is 5.32 Å². The van der Waals surface area contributed by atoms with Gasteiger partial charge in [0.15, 0.2) is 0 Å². The third-order valence-electron chi connectivity index (χ3n) is 2.03. The molecule has 2 N–H and O–H groups in total. The Balaban J connectivity index is 3.98. The second-order valence-corrected chi connectivity index (χ2v) is 3.96. The number of ether oxygens (including phenoxy) is 1. The van der Waals surface area contributed by atoms with E-state index in [1.165, 1.54) is 0 Å². The van der Waals surface area contributed by atoms with Gasteiger partial charge in [-0.2, -0.15) is 0 Å². The molecule has 0 rings (SSSR count). The third-order valence-corrected chi connectivity index (χ3v) is 2.03. The normalized spacial score (nSPS) is 12.5. The highest BCUT2D eigenvalue weighted by atomic mass is 16.5. The molecule has 5 heteroatoms. The average molecular weight is 231 g/mol. The van der Waals surface area contributed by atoms with Gasteiger partial charge in [0.1, 0.15) is 12.6 Å². The molecule has 0 saturated heterocycles. The molecule has 1 atom stereocenters. The molecule has 0 unspecified atom stereocenters. The summed E-state index contributed by atoms with van der Waals surface area (Å²) in [7, 11) is 0. The lowest BCUT2D eigenvalue weighted by Crippen LogP contribution is -2.42. The second-order valence-electron chi connectivity index (χ2n) is 3.96. The zero-order chi connectivity index (χ0) is 12.6. The highest BCUT2D eigenvalue weighted by Gasteiger charge is 2.19. The first kappa shape index (κ1) is 14.9. The lowest BCUT2D eigenvalue weighted by atomic mass is 10.1. The number of carbonyl (C=O) groups is 2. The average Bonchev–Trinajstić information content (AvgIpc) is 2.20. The number of carbonyl (C=O) groups excluding carboxylic acids is 1. The Hall–Kier alpha value is -1.10. The standard InChI is InChI=1S/C11H21NO4/c1-4-5-6-9(11(14)15)12-10(13)7-16-8(2)3/h8-9H,4-7H2,1-3H3,(H,12,13)(H,14,15)/t9-/m0/s1. The molecule has 0 bridgehead atoms. The molecule has 0 aliphatic heterocycles. The van der Waals surface area contributed by atoms with Crippen molar-refractivity contribution in [2.45, 2.75) is 52.2 Å². The van der Waals surface area contributed by atoms with Crippen LogP contribution in [-0.4, -0.2) is 35.7 Å². The van der Waals surface area contributed by atoms with Gasteiger partial charge in [-0.25, -0.2) is 4.79 Å². The molecule has 0 fully saturated rings. The molecule has 5 nitrogen and oxygen atoms in total. The zero-order valence-electron chi connectivity index (χ0n) is 10.2. The lowest BCUT2D eigenvalue weighted by molar-refractivity contribution is -0.143. The van der Waals surface area contributed by atoms with Crippen LogP contribution < -0.4 is 5.32 Å². The maximum absolute atomic E-state index is 11.3. The van der Waals surface area contributed by atoms with Gasteiger partial charge in [-0.15, -0.1) is 0 Å². The molecule has 0 aromatic rings. The minimum absolute atomic E-state index is 0.0373. The maximum atomic E-state index is 11.3. The predicted octanol–water partition coefficient (Wildman–Crippen LogP) is 1.17. The summed E-state index contributed by atoms with van der Waals surface area (Å²) in [5, 5.41) is 11.3. The van der Waals surface area contributed by atoms with Gasteiger partial charge in [-0.05, 0) is 20.3 Å². The molecule has 0 aromatic heterocycles. The van der Waals surface area contributed by atoms with Crippen molar-refractivity contribution in [3.63, 3.8) is 0 Å². The Morgan fingerprint density at radius 2 is 2.00 bits per heavy atom. The molecular weight excluding hydrogens is 210 g/mol. The Bertz CT molecular complexity index is 228. The smallest absolute Gasteiger partial charge is 0.326 e. The SMILES string of the molecule is CCCC[C@H](NC(=O)COC(C)C)C(=O)O. The summed E-state index contributed by atoms with van der Waals surface area (Å²) in [5.41, 5.74) is 0. The van der Waals surface area contributed by atoms with E-state index in [9.17, 15) is 9.59 Å². The Morgan fingerprint density at radius 1 is 1.38 bits per heavy atom. The van der Waals surface area contributed by atoms with Crippen LogP contribution in [0.3, 0.4) is 0 Å². The first-order valence-corrected chi connectivity index (χ1v) is 5.61. The zero-order valence-corrected chi connectivity index (χ0v) is 10.2. The van der Waals surface area contributed by atoms with Crippen molar-refractivity contribution in [2.75, 3.05) is 6.61 Å². The van der Waals surface area contributed by atoms with Crippen molar-refractivity contribution in [1.29, 1.82) is 0 Å². The molecule has 0 aromatic carbocycles. The number of carboxylic acid groups (broad SMARTS) is 1. The fourth-order valence-electron chi connectivity index (χ4n) is 1.14. The Labute approximate surface area is 96.2 Å². The van der Waals surface area contributed by atoms with Crippen LogP contribution in [0.1, 0.15) is 40.0 Å². The lowest BCUT2D eigenvalue weighted by Gasteiger charge is -2.14. The molecule has 16 heavy (non-hydrogen) atoms. The van der Waals surface area contributed by atoms with Crippen molar-refractivity contribution in [1.82, 2.24) is 5.32 Å².